The quantitative estimate of drug-likeness (QED) is 0.0581. The third-order valence-electron chi connectivity index (χ3n) is 6.76. The molecule has 0 saturated heterocycles. The Morgan fingerprint density at radius 3 is 0.806 bits per heavy atom. The predicted octanol–water partition coefficient (Wildman–Crippen LogP) is 7.51. The second kappa shape index (κ2) is 37.4. The Morgan fingerprint density at radius 2 is 0.611 bits per heavy atom. The summed E-state index contributed by atoms with van der Waals surface area (Å²) in [5.41, 5.74) is 0. The van der Waals surface area contributed by atoms with E-state index in [9.17, 15) is 4.57 Å². The zero-order chi connectivity index (χ0) is 24.3. The van der Waals surface area contributed by atoms with E-state index in [1.807, 2.05) is 0 Å². The minimum Gasteiger partial charge on any atom is -0.303 e. The molecule has 0 aliphatic heterocycles. The number of hydrogen-bond donors (Lipinski definition) is 2. The molecule has 0 bridgehead atoms. The molecule has 0 saturated carbocycles. The van der Waals surface area contributed by atoms with E-state index in [-0.39, 0.29) is 75.8 Å². The van der Waals surface area contributed by atoms with E-state index >= 15 is 0 Å². The van der Waals surface area contributed by atoms with Crippen molar-refractivity contribution in [1.29, 1.82) is 0 Å². The zero-order valence-electron chi connectivity index (χ0n) is 22.3. The predicted molar refractivity (Wildman–Crippen MR) is 169 cm³/mol. The average Bonchev–Trinajstić information content (AvgIpc) is 2.78. The molecule has 0 heterocycles. The van der Waals surface area contributed by atoms with Crippen LogP contribution in [0.1, 0.15) is 174 Å². The summed E-state index contributed by atoms with van der Waals surface area (Å²) in [5.74, 6) is 0. The summed E-state index contributed by atoms with van der Waals surface area (Å²) in [6.07, 6.45) is 35.4. The molecule has 0 aliphatic carbocycles. The molecular formula is C28H65Mg3O4P. The fraction of sp³-hybridized carbons (Fsp3) is 1.00. The molecule has 2 N–H and O–H groups in total. The monoisotopic (exact) mass is 568 g/mol. The first-order valence-corrected chi connectivity index (χ1v) is 16.3. The Bertz CT molecular complexity index is 426. The lowest BCUT2D eigenvalue weighted by atomic mass is 10.0. The summed E-state index contributed by atoms with van der Waals surface area (Å²) < 4.78 is 15.0. The van der Waals surface area contributed by atoms with Crippen LogP contribution in [0.2, 0.25) is 0 Å². The first-order valence-electron chi connectivity index (χ1n) is 14.8. The normalized spacial score (nSPS) is 11.0. The van der Waals surface area contributed by atoms with Crippen LogP contribution in [0.15, 0.2) is 0 Å². The third kappa shape index (κ3) is 43.5. The van der Waals surface area contributed by atoms with Gasteiger partial charge in [-0.25, -0.2) is 4.57 Å². The van der Waals surface area contributed by atoms with Gasteiger partial charge >= 0.3 is 77.0 Å². The van der Waals surface area contributed by atoms with E-state index in [1.165, 1.54) is 148 Å². The molecule has 36 heavy (non-hydrogen) atoms. The fourth-order valence-electron chi connectivity index (χ4n) is 4.60. The molecule has 4 nitrogen and oxygen atoms in total. The smallest absolute Gasteiger partial charge is 0.303 e. The van der Waals surface area contributed by atoms with Gasteiger partial charge in [-0.1, -0.05) is 167 Å². The van der Waals surface area contributed by atoms with Gasteiger partial charge in [0, 0.05) is 0 Å². The van der Waals surface area contributed by atoms with Crippen LogP contribution in [0.3, 0.4) is 0 Å². The Balaban J connectivity index is -0.00000171. The second-order valence-corrected chi connectivity index (χ2v) is 11.4. The van der Waals surface area contributed by atoms with Crippen molar-refractivity contribution in [3.63, 3.8) is 0 Å². The molecule has 212 valence electrons. The number of phosphoric ester groups is 1. The lowest BCUT2D eigenvalue weighted by molar-refractivity contribution is 0.193. The molecule has 0 rings (SSSR count). The lowest BCUT2D eigenvalue weighted by Crippen LogP contribution is -1.92. The maximum Gasteiger partial charge on any atom is 0.469 e. The summed E-state index contributed by atoms with van der Waals surface area (Å²) in [6, 6.07) is 0. The van der Waals surface area contributed by atoms with Crippen molar-refractivity contribution in [3.05, 3.63) is 0 Å². The summed E-state index contributed by atoms with van der Waals surface area (Å²) in [4.78, 5) is 17.2. The van der Waals surface area contributed by atoms with Crippen molar-refractivity contribution in [3.8, 4) is 0 Å². The van der Waals surface area contributed by atoms with Crippen LogP contribution in [0, 0.1) is 0 Å². The van der Waals surface area contributed by atoms with E-state index in [0.29, 0.717) is 0 Å². The largest absolute Gasteiger partial charge is 0.469 e. The Kier molecular flexibility index (Phi) is 47.2. The molecule has 0 aromatic rings. The van der Waals surface area contributed by atoms with Gasteiger partial charge in [0.05, 0.1) is 6.61 Å². The average molecular weight is 570 g/mol. The van der Waals surface area contributed by atoms with E-state index in [2.05, 4.69) is 11.4 Å². The third-order valence-corrected chi connectivity index (χ3v) is 7.28. The summed E-state index contributed by atoms with van der Waals surface area (Å²) in [6.45, 7) is 2.46. The van der Waals surface area contributed by atoms with Crippen molar-refractivity contribution in [1.82, 2.24) is 0 Å². The van der Waals surface area contributed by atoms with Crippen molar-refractivity contribution < 1.29 is 18.9 Å². The van der Waals surface area contributed by atoms with Crippen LogP contribution in [0.4, 0.5) is 0 Å². The minimum atomic E-state index is -4.27. The SMILES string of the molecule is CCCCCCCCCCCCCCCCCCCCCCCCCCCCOP(=O)(O)O.[MgH2].[MgH2].[MgH2]. The Hall–Kier alpha value is 2.41. The molecule has 0 aromatic heterocycles. The highest BCUT2D eigenvalue weighted by Gasteiger charge is 2.12. The van der Waals surface area contributed by atoms with Gasteiger partial charge in [0.2, 0.25) is 0 Å². The van der Waals surface area contributed by atoms with Crippen LogP contribution >= 0.6 is 7.82 Å². The number of rotatable bonds is 28. The lowest BCUT2D eigenvalue weighted by Gasteiger charge is -2.05. The summed E-state index contributed by atoms with van der Waals surface area (Å²) in [5, 5.41) is 0. The van der Waals surface area contributed by atoms with Crippen LogP contribution < -0.4 is 0 Å². The van der Waals surface area contributed by atoms with Gasteiger partial charge in [-0.15, -0.1) is 0 Å². The number of hydrogen-bond acceptors (Lipinski definition) is 2. The molecular weight excluding hydrogens is 504 g/mol. The molecule has 0 fully saturated rings. The van der Waals surface area contributed by atoms with Gasteiger partial charge in [0.25, 0.3) is 0 Å². The fourth-order valence-corrected chi connectivity index (χ4v) is 4.97. The molecule has 0 radical (unpaired) electrons. The Morgan fingerprint density at radius 1 is 0.417 bits per heavy atom. The van der Waals surface area contributed by atoms with Crippen molar-refractivity contribution in [2.75, 3.05) is 6.61 Å². The van der Waals surface area contributed by atoms with Gasteiger partial charge in [-0.05, 0) is 6.42 Å². The van der Waals surface area contributed by atoms with E-state index in [4.69, 9.17) is 9.79 Å². The maximum absolute atomic E-state index is 10.5. The number of phosphoric acid groups is 1. The van der Waals surface area contributed by atoms with Gasteiger partial charge in [0.15, 0.2) is 0 Å². The summed E-state index contributed by atoms with van der Waals surface area (Å²) >= 11 is 0. The summed E-state index contributed by atoms with van der Waals surface area (Å²) in [7, 11) is -4.27. The molecule has 8 heteroatoms. The van der Waals surface area contributed by atoms with Crippen molar-refractivity contribution in [2.45, 2.75) is 174 Å². The first-order chi connectivity index (χ1) is 16.1. The van der Waals surface area contributed by atoms with Gasteiger partial charge in [0.1, 0.15) is 0 Å². The second-order valence-electron chi connectivity index (χ2n) is 10.2. The highest BCUT2D eigenvalue weighted by molar-refractivity contribution is 7.46. The van der Waals surface area contributed by atoms with Crippen molar-refractivity contribution in [2.24, 2.45) is 0 Å². The van der Waals surface area contributed by atoms with Crippen LogP contribution in [-0.4, -0.2) is 85.6 Å². The highest BCUT2D eigenvalue weighted by atomic mass is 31.2. The first kappa shape index (κ1) is 45.4. The van der Waals surface area contributed by atoms with E-state index in [1.54, 1.807) is 0 Å². The molecule has 0 amide bonds. The maximum atomic E-state index is 10.5. The zero-order valence-corrected chi connectivity index (χ0v) is 23.1. The molecule has 0 unspecified atom stereocenters. The molecule has 0 atom stereocenters. The standard InChI is InChI=1S/C28H59O4P.3Mg.6H/c1-2-3-4-5-6-7-8-9-10-11-12-13-14-15-16-17-18-19-20-21-22-23-24-25-26-27-28-32-33(29,30)31;;;;;;;;;/h2-28H2,1H3,(H2,29,30,31);;;;;;;;;. The van der Waals surface area contributed by atoms with Gasteiger partial charge in [-0.3, -0.25) is 4.52 Å². The van der Waals surface area contributed by atoms with Crippen LogP contribution in [0.5, 0.6) is 0 Å². The van der Waals surface area contributed by atoms with E-state index < -0.39 is 7.82 Å². The molecule has 0 aliphatic rings. The minimum absolute atomic E-state index is 0. The molecule has 0 aromatic carbocycles. The van der Waals surface area contributed by atoms with Crippen LogP contribution in [0.25, 0.3) is 0 Å². The van der Waals surface area contributed by atoms with Gasteiger partial charge in [-0.2, -0.15) is 0 Å². The van der Waals surface area contributed by atoms with Crippen LogP contribution in [-0.2, 0) is 9.09 Å². The van der Waals surface area contributed by atoms with Gasteiger partial charge < -0.3 is 9.79 Å². The van der Waals surface area contributed by atoms with E-state index in [0.717, 1.165) is 19.3 Å². The van der Waals surface area contributed by atoms with Crippen molar-refractivity contribution >= 4 is 77.0 Å². The molecule has 0 spiro atoms. The topological polar surface area (TPSA) is 66.8 Å². The number of unbranched alkanes of at least 4 members (excludes halogenated alkanes) is 25. The Labute approximate surface area is 274 Å². The highest BCUT2D eigenvalue weighted by Crippen LogP contribution is 2.35.